The molecule has 0 spiro atoms. The average molecular weight is 416 g/mol. The van der Waals surface area contributed by atoms with Crippen LogP contribution >= 0.6 is 23.1 Å². The number of H-pyrrole nitrogens is 1. The van der Waals surface area contributed by atoms with Crippen molar-refractivity contribution in [3.8, 4) is 0 Å². The number of nitrogens with one attached hydrogen (secondary N) is 2. The quantitative estimate of drug-likeness (QED) is 0.547. The zero-order chi connectivity index (χ0) is 20.1. The minimum atomic E-state index is -0.339. The topological polar surface area (TPSA) is 74.8 Å². The Morgan fingerprint density at radius 2 is 2.14 bits per heavy atom. The first-order chi connectivity index (χ1) is 13.3. The van der Waals surface area contributed by atoms with Gasteiger partial charge in [-0.15, -0.1) is 11.3 Å². The number of nitrogens with zero attached hydrogens (tertiary/aromatic N) is 1. The van der Waals surface area contributed by atoms with Crippen LogP contribution in [0.1, 0.15) is 63.3 Å². The van der Waals surface area contributed by atoms with E-state index in [1.54, 1.807) is 23.1 Å². The highest BCUT2D eigenvalue weighted by Crippen LogP contribution is 2.48. The number of Topliss-reactive ketones (excluding diaryl/α,β-unsaturated/α-hetero) is 1. The summed E-state index contributed by atoms with van der Waals surface area (Å²) in [6.45, 7) is 8.46. The van der Waals surface area contributed by atoms with Gasteiger partial charge < -0.3 is 10.3 Å². The second-order valence-electron chi connectivity index (χ2n) is 8.38. The molecule has 0 radical (unpaired) electrons. The minimum absolute atomic E-state index is 0.101. The molecule has 2 aromatic heterocycles. The summed E-state index contributed by atoms with van der Waals surface area (Å²) in [5.74, 6) is 0.381. The maximum Gasteiger partial charge on any atom is 0.257 e. The maximum absolute atomic E-state index is 13.1. The van der Waals surface area contributed by atoms with Crippen LogP contribution in [-0.2, 0) is 4.79 Å². The average Bonchev–Trinajstić information content (AvgIpc) is 3.12. The number of carbonyl (C=O) groups is 1. The third kappa shape index (κ3) is 3.46. The Morgan fingerprint density at radius 1 is 1.36 bits per heavy atom. The van der Waals surface area contributed by atoms with Gasteiger partial charge in [-0.05, 0) is 29.7 Å². The first-order valence-electron chi connectivity index (χ1n) is 9.66. The summed E-state index contributed by atoms with van der Waals surface area (Å²) in [6, 6.07) is 3.97. The van der Waals surface area contributed by atoms with Gasteiger partial charge in [0.15, 0.2) is 10.9 Å². The maximum atomic E-state index is 13.1. The van der Waals surface area contributed by atoms with Crippen molar-refractivity contribution in [2.75, 3.05) is 5.32 Å². The number of fused-ring (bicyclic) bond motifs is 1. The predicted octanol–water partition coefficient (Wildman–Crippen LogP) is 4.92. The van der Waals surface area contributed by atoms with E-state index < -0.39 is 0 Å². The molecule has 0 unspecified atom stereocenters. The Balaban J connectivity index is 1.88. The molecule has 1 aliphatic carbocycles. The Labute approximate surface area is 173 Å². The molecular weight excluding hydrogens is 390 g/mol. The second-order valence-corrected chi connectivity index (χ2v) is 10.8. The highest BCUT2D eigenvalue weighted by Gasteiger charge is 2.42. The molecule has 7 heteroatoms. The summed E-state index contributed by atoms with van der Waals surface area (Å²) in [7, 11) is 0. The summed E-state index contributed by atoms with van der Waals surface area (Å²) >= 11 is 3.15. The van der Waals surface area contributed by atoms with Crippen LogP contribution in [0.3, 0.4) is 0 Å². The molecule has 0 bridgehead atoms. The molecule has 2 N–H and O–H groups in total. The zero-order valence-electron chi connectivity index (χ0n) is 16.6. The molecule has 2 aromatic rings. The zero-order valence-corrected chi connectivity index (χ0v) is 18.2. The van der Waals surface area contributed by atoms with Gasteiger partial charge in [0.25, 0.3) is 5.56 Å². The van der Waals surface area contributed by atoms with Gasteiger partial charge in [-0.25, -0.2) is 4.98 Å². The Kier molecular flexibility index (Phi) is 5.00. The van der Waals surface area contributed by atoms with E-state index in [4.69, 9.17) is 4.98 Å². The molecule has 0 fully saturated rings. The van der Waals surface area contributed by atoms with Crippen LogP contribution in [0.2, 0.25) is 0 Å². The molecule has 5 nitrogen and oxygen atoms in total. The minimum Gasteiger partial charge on any atom is -0.343 e. The van der Waals surface area contributed by atoms with E-state index in [1.165, 1.54) is 0 Å². The molecule has 3 heterocycles. The number of thiophene rings is 1. The number of aromatic nitrogens is 2. The lowest BCUT2D eigenvalue weighted by Gasteiger charge is -2.38. The predicted molar refractivity (Wildman–Crippen MR) is 115 cm³/mol. The number of carbonyl (C=O) groups excluding carboxylic acids is 1. The summed E-state index contributed by atoms with van der Waals surface area (Å²) in [5, 5.41) is 6.35. The van der Waals surface area contributed by atoms with Gasteiger partial charge in [-0.3, -0.25) is 9.59 Å². The van der Waals surface area contributed by atoms with Crippen molar-refractivity contribution in [3.05, 3.63) is 49.6 Å². The summed E-state index contributed by atoms with van der Waals surface area (Å²) in [4.78, 5) is 34.9. The number of allylic oxidation sites excluding steroid dienone is 2. The van der Waals surface area contributed by atoms with Gasteiger partial charge in [0, 0.05) is 27.8 Å². The molecule has 0 saturated carbocycles. The van der Waals surface area contributed by atoms with Gasteiger partial charge >= 0.3 is 0 Å². The lowest BCUT2D eigenvalue weighted by molar-refractivity contribution is -0.118. The van der Waals surface area contributed by atoms with Crippen LogP contribution < -0.4 is 10.9 Å². The molecule has 0 amide bonds. The fraction of sp³-hybridized carbons (Fsp3) is 0.476. The van der Waals surface area contributed by atoms with Crippen molar-refractivity contribution in [2.24, 2.45) is 5.41 Å². The van der Waals surface area contributed by atoms with Crippen molar-refractivity contribution < 1.29 is 4.79 Å². The molecule has 28 heavy (non-hydrogen) atoms. The normalized spacial score (nSPS) is 21.7. The van der Waals surface area contributed by atoms with Crippen molar-refractivity contribution in [1.82, 2.24) is 9.97 Å². The molecule has 148 valence electrons. The van der Waals surface area contributed by atoms with Crippen molar-refractivity contribution in [2.45, 2.75) is 63.3 Å². The number of aromatic amines is 1. The lowest BCUT2D eigenvalue weighted by atomic mass is 9.70. The van der Waals surface area contributed by atoms with E-state index >= 15 is 0 Å². The summed E-state index contributed by atoms with van der Waals surface area (Å²) < 4.78 is 0. The second kappa shape index (κ2) is 7.19. The number of hydrogen-bond acceptors (Lipinski definition) is 6. The van der Waals surface area contributed by atoms with Crippen LogP contribution in [0.15, 0.2) is 38.7 Å². The molecule has 0 aromatic carbocycles. The van der Waals surface area contributed by atoms with E-state index in [9.17, 15) is 9.59 Å². The van der Waals surface area contributed by atoms with E-state index in [0.717, 1.165) is 29.0 Å². The SMILES string of the molecule is CC[C@H](C)Sc1nc2c(c(=O)[nH]1)[C@H](c1cccs1)C1=C(CC(C)(C)CC1=O)N2. The van der Waals surface area contributed by atoms with Crippen molar-refractivity contribution in [3.63, 3.8) is 0 Å². The molecule has 2 aliphatic rings. The van der Waals surface area contributed by atoms with E-state index in [-0.39, 0.29) is 22.7 Å². The van der Waals surface area contributed by atoms with Gasteiger partial charge in [0.1, 0.15) is 5.82 Å². The number of anilines is 1. The number of thioether (sulfide) groups is 1. The number of rotatable bonds is 4. The first kappa shape index (κ1) is 19.5. The van der Waals surface area contributed by atoms with Crippen LogP contribution in [-0.4, -0.2) is 21.0 Å². The van der Waals surface area contributed by atoms with Crippen LogP contribution in [0.4, 0.5) is 5.82 Å². The highest BCUT2D eigenvalue weighted by molar-refractivity contribution is 7.99. The Hall–Kier alpha value is -1.86. The van der Waals surface area contributed by atoms with E-state index in [2.05, 4.69) is 38.0 Å². The molecule has 4 rings (SSSR count). The van der Waals surface area contributed by atoms with Crippen LogP contribution in [0, 0.1) is 5.41 Å². The fourth-order valence-corrected chi connectivity index (χ4v) is 5.65. The Morgan fingerprint density at radius 3 is 2.82 bits per heavy atom. The van der Waals surface area contributed by atoms with E-state index in [1.807, 2.05) is 17.5 Å². The molecule has 0 saturated heterocycles. The van der Waals surface area contributed by atoms with Gasteiger partial charge in [0.2, 0.25) is 0 Å². The summed E-state index contributed by atoms with van der Waals surface area (Å²) in [6.07, 6.45) is 2.27. The van der Waals surface area contributed by atoms with Crippen molar-refractivity contribution in [1.29, 1.82) is 0 Å². The highest BCUT2D eigenvalue weighted by atomic mass is 32.2. The van der Waals surface area contributed by atoms with Crippen molar-refractivity contribution >= 4 is 34.7 Å². The van der Waals surface area contributed by atoms with Gasteiger partial charge in [0.05, 0.1) is 11.5 Å². The first-order valence-corrected chi connectivity index (χ1v) is 11.4. The van der Waals surface area contributed by atoms with Crippen LogP contribution in [0.25, 0.3) is 0 Å². The fourth-order valence-electron chi connectivity index (χ4n) is 3.96. The third-order valence-electron chi connectivity index (χ3n) is 5.42. The van der Waals surface area contributed by atoms with E-state index in [0.29, 0.717) is 28.2 Å². The Bertz CT molecular complexity index is 1010. The summed E-state index contributed by atoms with van der Waals surface area (Å²) in [5.41, 5.74) is 1.96. The molecule has 1 aliphatic heterocycles. The lowest BCUT2D eigenvalue weighted by Crippen LogP contribution is -2.36. The smallest absolute Gasteiger partial charge is 0.257 e. The van der Waals surface area contributed by atoms with Crippen LogP contribution in [0.5, 0.6) is 0 Å². The molecule has 2 atom stereocenters. The standard InChI is InChI=1S/C21H25N3O2S2/c1-5-11(2)28-20-23-18-17(19(26)24-20)16(14-7-6-8-27-14)15-12(22-18)9-21(3,4)10-13(15)25/h6-8,11,16H,5,9-10H2,1-4H3,(H2,22,23,24,26)/t11-,16+/m0/s1. The monoisotopic (exact) mass is 415 g/mol. The number of hydrogen-bond donors (Lipinski definition) is 2. The molecular formula is C21H25N3O2S2. The number of ketones is 1. The van der Waals surface area contributed by atoms with Gasteiger partial charge in [-0.1, -0.05) is 45.5 Å². The van der Waals surface area contributed by atoms with Gasteiger partial charge in [-0.2, -0.15) is 0 Å². The third-order valence-corrected chi connectivity index (χ3v) is 7.51. The largest absolute Gasteiger partial charge is 0.343 e.